The predicted molar refractivity (Wildman–Crippen MR) is 48.6 cm³/mol. The molecule has 2 rings (SSSR count). The van der Waals surface area contributed by atoms with E-state index >= 15 is 0 Å². The fourth-order valence-corrected chi connectivity index (χ4v) is 1.47. The Morgan fingerprint density at radius 1 is 1.31 bits per heavy atom. The lowest BCUT2D eigenvalue weighted by atomic mass is 10.2. The minimum atomic E-state index is -1.95. The summed E-state index contributed by atoms with van der Waals surface area (Å²) in [6, 6.07) is 6.69. The van der Waals surface area contributed by atoms with Crippen molar-refractivity contribution in [1.29, 1.82) is 0 Å². The van der Waals surface area contributed by atoms with Crippen LogP contribution in [0.3, 0.4) is 0 Å². The molecule has 1 N–H and O–H groups in total. The molecule has 66 valence electrons. The molecule has 0 spiro atoms. The third-order valence-corrected chi connectivity index (χ3v) is 2.35. The summed E-state index contributed by atoms with van der Waals surface area (Å²) in [5.41, 5.74) is 0.627. The summed E-state index contributed by atoms with van der Waals surface area (Å²) >= 11 is -1.95. The molecule has 1 atom stereocenters. The van der Waals surface area contributed by atoms with E-state index in [0.717, 1.165) is 5.39 Å². The van der Waals surface area contributed by atoms with Gasteiger partial charge < -0.3 is 4.55 Å². The Labute approximate surface area is 76.9 Å². The molecule has 0 amide bonds. The largest absolute Gasteiger partial charge is 0.302 e. The van der Waals surface area contributed by atoms with Crippen LogP contribution < -0.4 is 0 Å². The van der Waals surface area contributed by atoms with E-state index in [1.165, 1.54) is 0 Å². The lowest BCUT2D eigenvalue weighted by Crippen LogP contribution is -1.89. The molecule has 4 nitrogen and oxygen atoms in total. The first kappa shape index (κ1) is 8.28. The van der Waals surface area contributed by atoms with E-state index in [-0.39, 0.29) is 0 Å². The molecule has 0 saturated heterocycles. The number of hydrogen-bond acceptors (Lipinski definition) is 3. The van der Waals surface area contributed by atoms with E-state index in [1.54, 1.807) is 30.5 Å². The molecule has 1 heterocycles. The average Bonchev–Trinajstić information content (AvgIpc) is 2.17. The van der Waals surface area contributed by atoms with Gasteiger partial charge in [-0.2, -0.15) is 10.2 Å². The fourth-order valence-electron chi connectivity index (χ4n) is 1.07. The van der Waals surface area contributed by atoms with Gasteiger partial charge in [0.2, 0.25) is 0 Å². The summed E-state index contributed by atoms with van der Waals surface area (Å²) in [6.45, 7) is 0. The molecule has 5 heteroatoms. The van der Waals surface area contributed by atoms with Gasteiger partial charge in [-0.15, -0.1) is 0 Å². The van der Waals surface area contributed by atoms with Gasteiger partial charge in [-0.05, 0) is 18.2 Å². The zero-order valence-corrected chi connectivity index (χ0v) is 7.36. The summed E-state index contributed by atoms with van der Waals surface area (Å²) in [6.07, 6.45) is 1.58. The van der Waals surface area contributed by atoms with E-state index in [0.29, 0.717) is 10.4 Å². The fraction of sp³-hybridized carbons (Fsp3) is 0. The molecule has 0 aliphatic rings. The number of aromatic nitrogens is 2. The third kappa shape index (κ3) is 1.56. The Balaban J connectivity index is 2.69. The van der Waals surface area contributed by atoms with Gasteiger partial charge in [-0.3, -0.25) is 0 Å². The number of benzene rings is 1. The molecule has 0 aliphatic carbocycles. The van der Waals surface area contributed by atoms with Crippen molar-refractivity contribution in [2.24, 2.45) is 0 Å². The van der Waals surface area contributed by atoms with Crippen LogP contribution in [0, 0.1) is 0 Å². The Morgan fingerprint density at radius 3 is 2.92 bits per heavy atom. The van der Waals surface area contributed by atoms with Crippen molar-refractivity contribution in [3.8, 4) is 0 Å². The molecule has 0 saturated carbocycles. The molecule has 1 unspecified atom stereocenters. The van der Waals surface area contributed by atoms with Crippen molar-refractivity contribution in [2.75, 3.05) is 0 Å². The topological polar surface area (TPSA) is 63.1 Å². The van der Waals surface area contributed by atoms with Crippen LogP contribution >= 0.6 is 0 Å². The van der Waals surface area contributed by atoms with E-state index in [4.69, 9.17) is 4.55 Å². The smallest absolute Gasteiger partial charge is 0.186 e. The summed E-state index contributed by atoms with van der Waals surface area (Å²) in [5.74, 6) is 0. The second-order valence-electron chi connectivity index (χ2n) is 2.50. The van der Waals surface area contributed by atoms with Gasteiger partial charge in [-0.25, -0.2) is 4.21 Å². The highest BCUT2D eigenvalue weighted by Gasteiger charge is 2.01. The lowest BCUT2D eigenvalue weighted by Gasteiger charge is -1.96. The van der Waals surface area contributed by atoms with E-state index < -0.39 is 11.1 Å². The van der Waals surface area contributed by atoms with Crippen molar-refractivity contribution in [1.82, 2.24) is 10.2 Å². The quantitative estimate of drug-likeness (QED) is 0.693. The highest BCUT2D eigenvalue weighted by Crippen LogP contribution is 2.13. The van der Waals surface area contributed by atoms with Gasteiger partial charge in [0.1, 0.15) is 0 Å². The van der Waals surface area contributed by atoms with Gasteiger partial charge in [0.05, 0.1) is 16.6 Å². The zero-order chi connectivity index (χ0) is 9.26. The maximum absolute atomic E-state index is 10.7. The van der Waals surface area contributed by atoms with Crippen LogP contribution in [-0.4, -0.2) is 19.0 Å². The monoisotopic (exact) mass is 194 g/mol. The van der Waals surface area contributed by atoms with Gasteiger partial charge in [0.25, 0.3) is 0 Å². The second-order valence-corrected chi connectivity index (χ2v) is 3.47. The molecule has 1 aromatic heterocycles. The predicted octanol–water partition coefficient (Wildman–Crippen LogP) is 1.21. The lowest BCUT2D eigenvalue weighted by molar-refractivity contribution is 0.564. The van der Waals surface area contributed by atoms with Gasteiger partial charge in [-0.1, -0.05) is 6.07 Å². The number of hydrogen-bond donors (Lipinski definition) is 1. The third-order valence-electron chi connectivity index (χ3n) is 1.69. The number of rotatable bonds is 1. The van der Waals surface area contributed by atoms with Crippen LogP contribution in [-0.2, 0) is 11.1 Å². The molecule has 0 aliphatic heterocycles. The van der Waals surface area contributed by atoms with Crippen LogP contribution in [0.4, 0.5) is 0 Å². The molecule has 0 fully saturated rings. The van der Waals surface area contributed by atoms with Crippen LogP contribution in [0.2, 0.25) is 0 Å². The Bertz CT molecular complexity index is 472. The van der Waals surface area contributed by atoms with Gasteiger partial charge >= 0.3 is 0 Å². The first-order valence-electron chi connectivity index (χ1n) is 3.60. The summed E-state index contributed by atoms with van der Waals surface area (Å²) in [5, 5.41) is 8.42. The Hall–Kier alpha value is -1.33. The Kier molecular flexibility index (Phi) is 2.03. The first-order chi connectivity index (χ1) is 6.27. The average molecular weight is 194 g/mol. The van der Waals surface area contributed by atoms with E-state index in [9.17, 15) is 4.21 Å². The Morgan fingerprint density at radius 2 is 2.15 bits per heavy atom. The summed E-state index contributed by atoms with van der Waals surface area (Å²) in [4.78, 5) is 0.341. The molecular formula is C8H6N2O2S. The highest BCUT2D eigenvalue weighted by molar-refractivity contribution is 7.79. The van der Waals surface area contributed by atoms with Gasteiger partial charge in [0.15, 0.2) is 11.1 Å². The summed E-state index contributed by atoms with van der Waals surface area (Å²) < 4.78 is 19.5. The SMILES string of the molecule is O=S(O)c1ccc2ccnnc2c1. The van der Waals surface area contributed by atoms with Crippen molar-refractivity contribution < 1.29 is 8.76 Å². The molecule has 2 aromatic rings. The maximum Gasteiger partial charge on any atom is 0.186 e. The normalized spacial score (nSPS) is 13.0. The minimum absolute atomic E-state index is 0.341. The zero-order valence-electron chi connectivity index (χ0n) is 6.54. The molecule has 0 radical (unpaired) electrons. The molecule has 0 bridgehead atoms. The van der Waals surface area contributed by atoms with Crippen molar-refractivity contribution in [2.45, 2.75) is 4.90 Å². The van der Waals surface area contributed by atoms with E-state index in [2.05, 4.69) is 10.2 Å². The first-order valence-corrected chi connectivity index (χ1v) is 4.70. The standard InChI is InChI=1S/C8H6N2O2S/c11-13(12)7-2-1-6-3-4-9-10-8(6)5-7/h1-5H,(H,11,12). The van der Waals surface area contributed by atoms with Gasteiger partial charge in [0, 0.05) is 5.39 Å². The van der Waals surface area contributed by atoms with Crippen LogP contribution in [0.15, 0.2) is 35.4 Å². The number of nitrogens with zero attached hydrogens (tertiary/aromatic N) is 2. The molecule has 13 heavy (non-hydrogen) atoms. The highest BCUT2D eigenvalue weighted by atomic mass is 32.2. The van der Waals surface area contributed by atoms with E-state index in [1.807, 2.05) is 0 Å². The van der Waals surface area contributed by atoms with Crippen molar-refractivity contribution >= 4 is 22.0 Å². The maximum atomic E-state index is 10.7. The molecular weight excluding hydrogens is 188 g/mol. The second kappa shape index (κ2) is 3.20. The van der Waals surface area contributed by atoms with Crippen LogP contribution in [0.1, 0.15) is 0 Å². The van der Waals surface area contributed by atoms with Crippen molar-refractivity contribution in [3.05, 3.63) is 30.5 Å². The van der Waals surface area contributed by atoms with Crippen molar-refractivity contribution in [3.63, 3.8) is 0 Å². The molecule has 1 aromatic carbocycles. The van der Waals surface area contributed by atoms with Crippen LogP contribution in [0.5, 0.6) is 0 Å². The minimum Gasteiger partial charge on any atom is -0.302 e. The number of fused-ring (bicyclic) bond motifs is 1. The summed E-state index contributed by atoms with van der Waals surface area (Å²) in [7, 11) is 0. The van der Waals surface area contributed by atoms with Crippen LogP contribution in [0.25, 0.3) is 10.9 Å².